The zero-order valence-electron chi connectivity index (χ0n) is 18.1. The number of hydrogen-bond acceptors (Lipinski definition) is 2. The van der Waals surface area contributed by atoms with Crippen LogP contribution in [0.15, 0.2) is 134 Å². The van der Waals surface area contributed by atoms with Crippen molar-refractivity contribution in [1.82, 2.24) is 4.98 Å². The fourth-order valence-corrected chi connectivity index (χ4v) is 4.60. The van der Waals surface area contributed by atoms with Crippen LogP contribution in [0.1, 0.15) is 27.9 Å². The molecule has 0 saturated heterocycles. The predicted octanol–water partition coefficient (Wildman–Crippen LogP) is 7.00. The van der Waals surface area contributed by atoms with Gasteiger partial charge < -0.3 is 0 Å². The summed E-state index contributed by atoms with van der Waals surface area (Å²) < 4.78 is 0. The van der Waals surface area contributed by atoms with Crippen LogP contribution < -0.4 is 0 Å². The fourth-order valence-electron chi connectivity index (χ4n) is 4.60. The van der Waals surface area contributed by atoms with Crippen molar-refractivity contribution in [2.24, 2.45) is 0 Å². The highest BCUT2D eigenvalue weighted by Gasteiger charge is 2.38. The van der Waals surface area contributed by atoms with Gasteiger partial charge in [0.2, 0.25) is 0 Å². The van der Waals surface area contributed by atoms with Crippen molar-refractivity contribution >= 4 is 0 Å². The Balaban J connectivity index is 1.79. The maximum Gasteiger partial charge on any atom is 0.140 e. The lowest BCUT2D eigenvalue weighted by Gasteiger charge is -2.36. The number of aromatic nitrogens is 1. The Morgan fingerprint density at radius 3 is 1.42 bits per heavy atom. The van der Waals surface area contributed by atoms with E-state index < -0.39 is 5.41 Å². The molecule has 1 aromatic heterocycles. The quantitative estimate of drug-likeness (QED) is 0.286. The van der Waals surface area contributed by atoms with Crippen molar-refractivity contribution < 1.29 is 0 Å². The SMILES string of the molecule is N#Cc1ccc(C(c2ccccc2)(c2ccccc2)c2ccc(-c3ccccc3)cc2)cn1. The van der Waals surface area contributed by atoms with Gasteiger partial charge in [-0.2, -0.15) is 5.26 Å². The highest BCUT2D eigenvalue weighted by molar-refractivity contribution is 5.66. The molecule has 5 aromatic rings. The Bertz CT molecular complexity index is 1330. The van der Waals surface area contributed by atoms with Gasteiger partial charge in [0.1, 0.15) is 11.8 Å². The van der Waals surface area contributed by atoms with E-state index in [1.54, 1.807) is 6.07 Å². The number of pyridine rings is 1. The summed E-state index contributed by atoms with van der Waals surface area (Å²) in [5, 5.41) is 9.31. The Kier molecular flexibility index (Phi) is 5.54. The van der Waals surface area contributed by atoms with Crippen molar-refractivity contribution in [3.8, 4) is 17.2 Å². The summed E-state index contributed by atoms with van der Waals surface area (Å²) in [4.78, 5) is 4.44. The lowest BCUT2D eigenvalue weighted by Crippen LogP contribution is -2.31. The second-order valence-corrected chi connectivity index (χ2v) is 7.97. The van der Waals surface area contributed by atoms with Gasteiger partial charge in [0.15, 0.2) is 0 Å². The molecule has 0 aliphatic heterocycles. The van der Waals surface area contributed by atoms with E-state index in [9.17, 15) is 5.26 Å². The predicted molar refractivity (Wildman–Crippen MR) is 133 cm³/mol. The van der Waals surface area contributed by atoms with Crippen LogP contribution in [0.5, 0.6) is 0 Å². The average molecular weight is 423 g/mol. The van der Waals surface area contributed by atoms with Gasteiger partial charge in [-0.25, -0.2) is 4.98 Å². The van der Waals surface area contributed by atoms with Gasteiger partial charge in [0.25, 0.3) is 0 Å². The summed E-state index contributed by atoms with van der Waals surface area (Å²) in [6, 6.07) is 46.2. The summed E-state index contributed by atoms with van der Waals surface area (Å²) in [6.45, 7) is 0. The van der Waals surface area contributed by atoms with Crippen LogP contribution in [0, 0.1) is 11.3 Å². The van der Waals surface area contributed by atoms with Crippen molar-refractivity contribution in [3.63, 3.8) is 0 Å². The summed E-state index contributed by atoms with van der Waals surface area (Å²) >= 11 is 0. The first-order valence-corrected chi connectivity index (χ1v) is 11.0. The number of nitriles is 1. The van der Waals surface area contributed by atoms with Crippen LogP contribution in [0.2, 0.25) is 0 Å². The molecule has 1 heterocycles. The van der Waals surface area contributed by atoms with E-state index in [2.05, 4.69) is 108 Å². The molecule has 0 atom stereocenters. The first kappa shape index (κ1) is 20.4. The molecule has 0 radical (unpaired) electrons. The first-order chi connectivity index (χ1) is 16.3. The zero-order valence-corrected chi connectivity index (χ0v) is 18.1. The van der Waals surface area contributed by atoms with Crippen molar-refractivity contribution in [3.05, 3.63) is 162 Å². The van der Waals surface area contributed by atoms with Gasteiger partial charge in [0.05, 0.1) is 5.41 Å². The third-order valence-electron chi connectivity index (χ3n) is 6.15. The molecule has 0 amide bonds. The molecular weight excluding hydrogens is 400 g/mol. The summed E-state index contributed by atoms with van der Waals surface area (Å²) in [5.74, 6) is 0. The minimum Gasteiger partial charge on any atom is -0.245 e. The molecule has 0 N–H and O–H groups in total. The summed E-state index contributed by atoms with van der Waals surface area (Å²) in [5.41, 5.74) is 6.66. The molecule has 0 aliphatic carbocycles. The minimum atomic E-state index is -0.571. The molecule has 0 aliphatic rings. The van der Waals surface area contributed by atoms with Crippen LogP contribution in [0.4, 0.5) is 0 Å². The van der Waals surface area contributed by atoms with E-state index in [0.29, 0.717) is 5.69 Å². The third-order valence-corrected chi connectivity index (χ3v) is 6.15. The number of benzene rings is 4. The molecule has 156 valence electrons. The molecule has 0 unspecified atom stereocenters. The van der Waals surface area contributed by atoms with Crippen molar-refractivity contribution in [1.29, 1.82) is 5.26 Å². The van der Waals surface area contributed by atoms with E-state index in [1.807, 2.05) is 30.5 Å². The average Bonchev–Trinajstić information content (AvgIpc) is 2.92. The highest BCUT2D eigenvalue weighted by Crippen LogP contribution is 2.45. The largest absolute Gasteiger partial charge is 0.245 e. The van der Waals surface area contributed by atoms with Gasteiger partial charge in [-0.1, -0.05) is 121 Å². The maximum absolute atomic E-state index is 9.31. The molecule has 0 saturated carbocycles. The number of hydrogen-bond donors (Lipinski definition) is 0. The molecule has 2 heteroatoms. The van der Waals surface area contributed by atoms with Crippen molar-refractivity contribution in [2.75, 3.05) is 0 Å². The van der Waals surface area contributed by atoms with E-state index in [1.165, 1.54) is 11.1 Å². The Labute approximate surface area is 194 Å². The molecule has 4 aromatic carbocycles. The number of nitrogens with zero attached hydrogens (tertiary/aromatic N) is 2. The summed E-state index contributed by atoms with van der Waals surface area (Å²) in [6.07, 6.45) is 1.84. The second kappa shape index (κ2) is 8.94. The van der Waals surface area contributed by atoms with E-state index in [0.717, 1.165) is 22.3 Å². The fraction of sp³-hybridized carbons (Fsp3) is 0.0323. The van der Waals surface area contributed by atoms with Crippen LogP contribution >= 0.6 is 0 Å². The van der Waals surface area contributed by atoms with Gasteiger partial charge in [-0.15, -0.1) is 0 Å². The first-order valence-electron chi connectivity index (χ1n) is 11.0. The molecule has 0 spiro atoms. The topological polar surface area (TPSA) is 36.7 Å². The Hall–Kier alpha value is -4.48. The molecule has 0 fully saturated rings. The van der Waals surface area contributed by atoms with Gasteiger partial charge in [0, 0.05) is 6.20 Å². The van der Waals surface area contributed by atoms with E-state index >= 15 is 0 Å². The second-order valence-electron chi connectivity index (χ2n) is 7.97. The van der Waals surface area contributed by atoms with Crippen LogP contribution in [-0.4, -0.2) is 4.98 Å². The molecular formula is C31H22N2. The standard InChI is InChI=1S/C31H22N2/c32-22-30-21-20-29(23-33-30)31(26-12-6-2-7-13-26,27-14-8-3-9-15-27)28-18-16-25(17-19-28)24-10-4-1-5-11-24/h1-21,23H. The third kappa shape index (κ3) is 3.71. The van der Waals surface area contributed by atoms with E-state index in [4.69, 9.17) is 0 Å². The van der Waals surface area contributed by atoms with Crippen LogP contribution in [0.25, 0.3) is 11.1 Å². The lowest BCUT2D eigenvalue weighted by molar-refractivity contribution is 0.740. The Morgan fingerprint density at radius 2 is 0.939 bits per heavy atom. The van der Waals surface area contributed by atoms with Gasteiger partial charge in [-0.05, 0) is 39.4 Å². The molecule has 5 rings (SSSR count). The highest BCUT2D eigenvalue weighted by atomic mass is 14.7. The zero-order chi connectivity index (χ0) is 22.5. The summed E-state index contributed by atoms with van der Waals surface area (Å²) in [7, 11) is 0. The number of rotatable bonds is 5. The van der Waals surface area contributed by atoms with Gasteiger partial charge >= 0.3 is 0 Å². The van der Waals surface area contributed by atoms with E-state index in [-0.39, 0.29) is 0 Å². The van der Waals surface area contributed by atoms with Crippen molar-refractivity contribution in [2.45, 2.75) is 5.41 Å². The Morgan fingerprint density at radius 1 is 0.485 bits per heavy atom. The lowest BCUT2D eigenvalue weighted by atomic mass is 9.65. The monoisotopic (exact) mass is 422 g/mol. The molecule has 0 bridgehead atoms. The molecule has 33 heavy (non-hydrogen) atoms. The smallest absolute Gasteiger partial charge is 0.140 e. The normalized spacial score (nSPS) is 11.0. The maximum atomic E-state index is 9.31. The van der Waals surface area contributed by atoms with Crippen LogP contribution in [-0.2, 0) is 5.41 Å². The van der Waals surface area contributed by atoms with Crippen LogP contribution in [0.3, 0.4) is 0 Å². The van der Waals surface area contributed by atoms with Gasteiger partial charge in [-0.3, -0.25) is 0 Å². The molecule has 2 nitrogen and oxygen atoms in total. The minimum absolute atomic E-state index is 0.410.